The Balaban J connectivity index is 3.23. The topological polar surface area (TPSA) is 48.4 Å². The molecule has 0 aromatic carbocycles. The largest absolute Gasteiger partial charge is 0.364 e. The fourth-order valence-corrected chi connectivity index (χ4v) is 4.78. The highest BCUT2D eigenvalue weighted by Gasteiger charge is 2.35. The Morgan fingerprint density at radius 3 is 1.68 bits per heavy atom. The van der Waals surface area contributed by atoms with Gasteiger partial charge in [-0.1, -0.05) is 73.1 Å². The summed E-state index contributed by atoms with van der Waals surface area (Å²) in [6.07, 6.45) is 3.22. The summed E-state index contributed by atoms with van der Waals surface area (Å²) in [5.41, 5.74) is 0. The van der Waals surface area contributed by atoms with Crippen LogP contribution in [-0.4, -0.2) is 18.2 Å². The third-order valence-electron chi connectivity index (χ3n) is 2.77. The summed E-state index contributed by atoms with van der Waals surface area (Å²) >= 11 is 24.0. The predicted octanol–water partition coefficient (Wildman–Crippen LogP) is 6.15. The molecule has 0 N–H and O–H groups in total. The minimum Gasteiger partial charge on any atom is -0.305 e. The van der Waals surface area contributed by atoms with E-state index in [0.29, 0.717) is 0 Å². The van der Waals surface area contributed by atoms with Crippen molar-refractivity contribution in [1.82, 2.24) is 4.98 Å². The van der Waals surface area contributed by atoms with Gasteiger partial charge in [0, 0.05) is 0 Å². The maximum atomic E-state index is 13.2. The van der Waals surface area contributed by atoms with Crippen molar-refractivity contribution in [2.75, 3.05) is 13.2 Å². The Hall–Kier alpha value is 0.460. The fraction of sp³-hybridized carbons (Fsp3) is 0.615. The minimum atomic E-state index is -3.73. The second kappa shape index (κ2) is 9.68. The second-order valence-corrected chi connectivity index (χ2v) is 7.97. The highest BCUT2D eigenvalue weighted by Crippen LogP contribution is 2.52. The molecule has 1 aromatic heterocycles. The van der Waals surface area contributed by atoms with Gasteiger partial charge in [0.1, 0.15) is 15.6 Å². The van der Waals surface area contributed by atoms with Gasteiger partial charge in [-0.05, 0) is 12.8 Å². The lowest BCUT2D eigenvalue weighted by atomic mass is 10.4. The standard InChI is InChI=1S/C13H18Cl4NO3P/c1-3-5-7-20-22(19,21-8-6-4-2)11-9(14)12(16)18-13(17)10(11)15/h3-8H2,1-2H3. The van der Waals surface area contributed by atoms with Gasteiger partial charge in [0.05, 0.1) is 23.3 Å². The Bertz CT molecular complexity index is 516. The van der Waals surface area contributed by atoms with Crippen LogP contribution in [0.25, 0.3) is 0 Å². The van der Waals surface area contributed by atoms with Crippen molar-refractivity contribution in [3.63, 3.8) is 0 Å². The van der Waals surface area contributed by atoms with Crippen LogP contribution in [0.5, 0.6) is 0 Å². The van der Waals surface area contributed by atoms with Crippen LogP contribution in [0.2, 0.25) is 20.4 Å². The number of pyridine rings is 1. The zero-order valence-electron chi connectivity index (χ0n) is 12.4. The molecule has 0 aliphatic rings. The fourth-order valence-electron chi connectivity index (χ4n) is 1.54. The van der Waals surface area contributed by atoms with Gasteiger partial charge in [-0.3, -0.25) is 4.57 Å². The van der Waals surface area contributed by atoms with Crippen molar-refractivity contribution in [2.24, 2.45) is 0 Å². The van der Waals surface area contributed by atoms with Crippen LogP contribution >= 0.6 is 54.0 Å². The molecule has 0 fully saturated rings. The normalized spacial score (nSPS) is 11.9. The van der Waals surface area contributed by atoms with Crippen LogP contribution in [0.15, 0.2) is 0 Å². The van der Waals surface area contributed by atoms with Crippen LogP contribution in [-0.2, 0) is 13.6 Å². The number of rotatable bonds is 9. The number of hydrogen-bond acceptors (Lipinski definition) is 4. The average Bonchev–Trinajstić information content (AvgIpc) is 2.46. The Kier molecular flexibility index (Phi) is 9.02. The monoisotopic (exact) mass is 407 g/mol. The molecule has 0 atom stereocenters. The molecule has 0 saturated carbocycles. The second-order valence-electron chi connectivity index (χ2n) is 4.54. The van der Waals surface area contributed by atoms with Gasteiger partial charge in [0.25, 0.3) is 0 Å². The number of aromatic nitrogens is 1. The van der Waals surface area contributed by atoms with Gasteiger partial charge in [0.2, 0.25) is 0 Å². The lowest BCUT2D eigenvalue weighted by molar-refractivity contribution is 0.208. The number of nitrogens with zero attached hydrogens (tertiary/aromatic N) is 1. The zero-order valence-corrected chi connectivity index (χ0v) is 16.3. The number of hydrogen-bond donors (Lipinski definition) is 0. The minimum absolute atomic E-state index is 0.0203. The van der Waals surface area contributed by atoms with Crippen molar-refractivity contribution < 1.29 is 13.6 Å². The number of halogens is 4. The summed E-state index contributed by atoms with van der Waals surface area (Å²) in [5.74, 6) is 0. The summed E-state index contributed by atoms with van der Waals surface area (Å²) in [4.78, 5) is 3.77. The maximum Gasteiger partial charge on any atom is 0.364 e. The number of unbranched alkanes of at least 4 members (excludes halogenated alkanes) is 2. The molecule has 0 saturated heterocycles. The lowest BCUT2D eigenvalue weighted by Crippen LogP contribution is -2.16. The van der Waals surface area contributed by atoms with Crippen molar-refractivity contribution in [3.8, 4) is 0 Å². The molecule has 1 aromatic rings. The molecule has 1 rings (SSSR count). The summed E-state index contributed by atoms with van der Waals surface area (Å²) in [5, 5.41) is -0.332. The molecule has 9 heteroatoms. The van der Waals surface area contributed by atoms with Crippen LogP contribution in [0.1, 0.15) is 39.5 Å². The Morgan fingerprint density at radius 2 is 1.32 bits per heavy atom. The van der Waals surface area contributed by atoms with Crippen LogP contribution in [0.4, 0.5) is 0 Å². The van der Waals surface area contributed by atoms with E-state index in [-0.39, 0.29) is 38.9 Å². The van der Waals surface area contributed by atoms with Gasteiger partial charge in [0.15, 0.2) is 0 Å². The lowest BCUT2D eigenvalue weighted by Gasteiger charge is -2.21. The third kappa shape index (κ3) is 5.24. The van der Waals surface area contributed by atoms with Crippen LogP contribution < -0.4 is 5.30 Å². The van der Waals surface area contributed by atoms with E-state index in [1.807, 2.05) is 13.8 Å². The predicted molar refractivity (Wildman–Crippen MR) is 93.2 cm³/mol. The van der Waals surface area contributed by atoms with Crippen molar-refractivity contribution in [2.45, 2.75) is 39.5 Å². The summed E-state index contributed by atoms with van der Waals surface area (Å²) in [7, 11) is -3.73. The zero-order chi connectivity index (χ0) is 16.8. The van der Waals surface area contributed by atoms with E-state index < -0.39 is 7.60 Å². The first kappa shape index (κ1) is 20.5. The first-order valence-electron chi connectivity index (χ1n) is 6.97. The van der Waals surface area contributed by atoms with E-state index in [0.717, 1.165) is 25.7 Å². The molecule has 0 spiro atoms. The van der Waals surface area contributed by atoms with E-state index in [4.69, 9.17) is 55.5 Å². The maximum absolute atomic E-state index is 13.2. The van der Waals surface area contributed by atoms with Crippen molar-refractivity contribution in [1.29, 1.82) is 0 Å². The third-order valence-corrected chi connectivity index (χ3v) is 6.55. The summed E-state index contributed by atoms with van der Waals surface area (Å²) in [6.45, 7) is 4.49. The van der Waals surface area contributed by atoms with Gasteiger partial charge in [-0.15, -0.1) is 0 Å². The Morgan fingerprint density at radius 1 is 0.909 bits per heavy atom. The quantitative estimate of drug-likeness (QED) is 0.279. The van der Waals surface area contributed by atoms with E-state index >= 15 is 0 Å². The molecule has 22 heavy (non-hydrogen) atoms. The molecule has 0 aliphatic carbocycles. The van der Waals surface area contributed by atoms with Crippen molar-refractivity contribution in [3.05, 3.63) is 20.4 Å². The summed E-state index contributed by atoms with van der Waals surface area (Å²) in [6, 6.07) is 0. The van der Waals surface area contributed by atoms with Gasteiger partial charge >= 0.3 is 7.60 Å². The molecule has 4 nitrogen and oxygen atoms in total. The smallest absolute Gasteiger partial charge is 0.305 e. The van der Waals surface area contributed by atoms with Crippen LogP contribution in [0, 0.1) is 0 Å². The highest BCUT2D eigenvalue weighted by atomic mass is 35.5. The highest BCUT2D eigenvalue weighted by molar-refractivity contribution is 7.62. The summed E-state index contributed by atoms with van der Waals surface area (Å²) < 4.78 is 24.1. The molecular weight excluding hydrogens is 391 g/mol. The van der Waals surface area contributed by atoms with E-state index in [2.05, 4.69) is 4.98 Å². The first-order valence-corrected chi connectivity index (χ1v) is 10.0. The molecule has 0 aliphatic heterocycles. The molecule has 0 amide bonds. The SMILES string of the molecule is CCCCOP(=O)(OCCCC)c1c(Cl)c(Cl)nc(Cl)c1Cl. The van der Waals surface area contributed by atoms with Gasteiger partial charge in [-0.25, -0.2) is 4.98 Å². The average molecular weight is 409 g/mol. The van der Waals surface area contributed by atoms with Crippen molar-refractivity contribution >= 4 is 59.3 Å². The molecule has 0 unspecified atom stereocenters. The first-order chi connectivity index (χ1) is 10.4. The van der Waals surface area contributed by atoms with Gasteiger partial charge in [-0.2, -0.15) is 0 Å². The van der Waals surface area contributed by atoms with E-state index in [1.54, 1.807) is 0 Å². The van der Waals surface area contributed by atoms with Gasteiger partial charge < -0.3 is 9.05 Å². The molecule has 0 radical (unpaired) electrons. The molecule has 0 bridgehead atoms. The van der Waals surface area contributed by atoms with Crippen LogP contribution in [0.3, 0.4) is 0 Å². The van der Waals surface area contributed by atoms with E-state index in [1.165, 1.54) is 0 Å². The Labute approximate surface area is 150 Å². The van der Waals surface area contributed by atoms with E-state index in [9.17, 15) is 4.57 Å². The molecule has 1 heterocycles. The molecular formula is C13H18Cl4NO3P. The molecule has 126 valence electrons.